The third-order valence-electron chi connectivity index (χ3n) is 5.01. The van der Waals surface area contributed by atoms with Crippen molar-refractivity contribution in [1.29, 1.82) is 0 Å². The number of hydrogen-bond acceptors (Lipinski definition) is 3. The minimum absolute atomic E-state index is 0.0119. The van der Waals surface area contributed by atoms with E-state index in [9.17, 15) is 19.1 Å². The summed E-state index contributed by atoms with van der Waals surface area (Å²) in [6.45, 7) is 0. The number of hydrogen-bond donors (Lipinski definition) is 1. The highest BCUT2D eigenvalue weighted by molar-refractivity contribution is 5.97. The molecule has 1 amide bonds. The molecule has 3 atom stereocenters. The van der Waals surface area contributed by atoms with Crippen LogP contribution in [0.4, 0.5) is 4.39 Å². The monoisotopic (exact) mass is 321 g/mol. The van der Waals surface area contributed by atoms with Gasteiger partial charge in [-0.25, -0.2) is 9.18 Å². The number of aliphatic carboxylic acids is 1. The molecule has 0 bridgehead atoms. The van der Waals surface area contributed by atoms with Gasteiger partial charge < -0.3 is 14.7 Å². The molecule has 1 saturated heterocycles. The largest absolute Gasteiger partial charge is 0.494 e. The molecule has 2 aliphatic rings. The van der Waals surface area contributed by atoms with E-state index in [2.05, 4.69) is 0 Å². The summed E-state index contributed by atoms with van der Waals surface area (Å²) in [4.78, 5) is 26.0. The number of fused-ring (bicyclic) bond motifs is 1. The fourth-order valence-electron chi connectivity index (χ4n) is 3.91. The Hall–Kier alpha value is -2.11. The number of likely N-dealkylation sites (tertiary alicyclic amines) is 1. The lowest BCUT2D eigenvalue weighted by molar-refractivity contribution is -0.141. The maximum absolute atomic E-state index is 13.5. The van der Waals surface area contributed by atoms with Crippen molar-refractivity contribution >= 4 is 11.9 Å². The number of carbonyl (C=O) groups is 2. The third-order valence-corrected chi connectivity index (χ3v) is 5.01. The quantitative estimate of drug-likeness (QED) is 0.929. The summed E-state index contributed by atoms with van der Waals surface area (Å²) in [6, 6.07) is 3.07. The molecule has 0 unspecified atom stereocenters. The van der Waals surface area contributed by atoms with Crippen LogP contribution in [0.1, 0.15) is 42.5 Å². The van der Waals surface area contributed by atoms with Gasteiger partial charge in [-0.15, -0.1) is 0 Å². The van der Waals surface area contributed by atoms with Crippen molar-refractivity contribution in [3.8, 4) is 5.75 Å². The lowest BCUT2D eigenvalue weighted by Gasteiger charge is -2.33. The number of amides is 1. The van der Waals surface area contributed by atoms with Crippen molar-refractivity contribution < 1.29 is 23.8 Å². The molecule has 1 aliphatic heterocycles. The van der Waals surface area contributed by atoms with Gasteiger partial charge in [0.1, 0.15) is 6.04 Å². The minimum Gasteiger partial charge on any atom is -0.494 e. The van der Waals surface area contributed by atoms with E-state index in [4.69, 9.17) is 4.74 Å². The van der Waals surface area contributed by atoms with Crippen LogP contribution in [0.15, 0.2) is 18.2 Å². The molecule has 0 aromatic heterocycles. The zero-order valence-corrected chi connectivity index (χ0v) is 13.0. The first-order chi connectivity index (χ1) is 11.0. The van der Waals surface area contributed by atoms with E-state index in [1.165, 1.54) is 30.2 Å². The van der Waals surface area contributed by atoms with Crippen molar-refractivity contribution in [2.24, 2.45) is 5.92 Å². The molecule has 1 aliphatic carbocycles. The summed E-state index contributed by atoms with van der Waals surface area (Å²) >= 11 is 0. The third kappa shape index (κ3) is 2.78. The first-order valence-electron chi connectivity index (χ1n) is 7.92. The number of rotatable bonds is 3. The number of benzene rings is 1. The maximum Gasteiger partial charge on any atom is 0.326 e. The number of carbonyl (C=O) groups excluding carboxylic acids is 1. The predicted octanol–water partition coefficient (Wildman–Crippen LogP) is 2.69. The molecule has 2 fully saturated rings. The van der Waals surface area contributed by atoms with Gasteiger partial charge in [-0.2, -0.15) is 0 Å². The Balaban J connectivity index is 1.93. The summed E-state index contributed by atoms with van der Waals surface area (Å²) in [5.74, 6) is -1.64. The van der Waals surface area contributed by atoms with Crippen LogP contribution in [0.5, 0.6) is 5.75 Å². The topological polar surface area (TPSA) is 66.8 Å². The van der Waals surface area contributed by atoms with Crippen LogP contribution in [0.25, 0.3) is 0 Å². The van der Waals surface area contributed by atoms with Gasteiger partial charge in [0, 0.05) is 11.6 Å². The standard InChI is InChI=1S/C17H20FNO4/c1-23-15-9-11(6-7-12(15)18)16(20)19-13-5-3-2-4-10(13)8-14(19)17(21)22/h6-7,9-10,13-14H,2-5,8H2,1H3,(H,21,22)/t10-,13-,14-/m0/s1. The van der Waals surface area contributed by atoms with Crippen molar-refractivity contribution in [2.45, 2.75) is 44.2 Å². The molecule has 1 aromatic rings. The van der Waals surface area contributed by atoms with Gasteiger partial charge in [0.2, 0.25) is 0 Å². The first kappa shape index (κ1) is 15.8. The zero-order valence-electron chi connectivity index (χ0n) is 13.0. The average molecular weight is 321 g/mol. The molecule has 1 saturated carbocycles. The van der Waals surface area contributed by atoms with E-state index in [1.54, 1.807) is 0 Å². The second-order valence-corrected chi connectivity index (χ2v) is 6.26. The number of carboxylic acids is 1. The van der Waals surface area contributed by atoms with Gasteiger partial charge in [0.25, 0.3) is 5.91 Å². The second kappa shape index (κ2) is 6.18. The molecular formula is C17H20FNO4. The zero-order chi connectivity index (χ0) is 16.6. The van der Waals surface area contributed by atoms with Crippen LogP contribution in [0.3, 0.4) is 0 Å². The van der Waals surface area contributed by atoms with E-state index in [0.29, 0.717) is 6.42 Å². The fraction of sp³-hybridized carbons (Fsp3) is 0.529. The number of ether oxygens (including phenoxy) is 1. The predicted molar refractivity (Wildman–Crippen MR) is 80.9 cm³/mol. The second-order valence-electron chi connectivity index (χ2n) is 6.26. The van der Waals surface area contributed by atoms with Gasteiger partial charge in [0.05, 0.1) is 7.11 Å². The van der Waals surface area contributed by atoms with Crippen molar-refractivity contribution in [1.82, 2.24) is 4.90 Å². The molecule has 0 spiro atoms. The Morgan fingerprint density at radius 1 is 1.30 bits per heavy atom. The first-order valence-corrected chi connectivity index (χ1v) is 7.92. The Kier molecular flexibility index (Phi) is 4.24. The van der Waals surface area contributed by atoms with Crippen LogP contribution >= 0.6 is 0 Å². The van der Waals surface area contributed by atoms with E-state index >= 15 is 0 Å². The summed E-state index contributed by atoms with van der Waals surface area (Å²) < 4.78 is 18.5. The molecule has 6 heteroatoms. The Labute approximate surface area is 134 Å². The lowest BCUT2D eigenvalue weighted by Crippen LogP contribution is -2.46. The van der Waals surface area contributed by atoms with Gasteiger partial charge in [0.15, 0.2) is 11.6 Å². The highest BCUT2D eigenvalue weighted by Crippen LogP contribution is 2.40. The highest BCUT2D eigenvalue weighted by Gasteiger charge is 2.47. The van der Waals surface area contributed by atoms with E-state index in [1.807, 2.05) is 0 Å². The number of carboxylic acid groups (broad SMARTS) is 1. The molecule has 1 aromatic carbocycles. The fourth-order valence-corrected chi connectivity index (χ4v) is 3.91. The molecular weight excluding hydrogens is 301 g/mol. The Morgan fingerprint density at radius 2 is 2.04 bits per heavy atom. The maximum atomic E-state index is 13.5. The average Bonchev–Trinajstić information content (AvgIpc) is 2.94. The van der Waals surface area contributed by atoms with Crippen molar-refractivity contribution in [3.63, 3.8) is 0 Å². The normalized spacial score (nSPS) is 26.7. The minimum atomic E-state index is -0.971. The van der Waals surface area contributed by atoms with Crippen LogP contribution < -0.4 is 4.74 Å². The SMILES string of the molecule is COc1cc(C(=O)N2[C@H](C(=O)O)C[C@@H]3CCCC[C@@H]32)ccc1F. The molecule has 1 N–H and O–H groups in total. The van der Waals surface area contributed by atoms with E-state index in [0.717, 1.165) is 25.7 Å². The van der Waals surface area contributed by atoms with Gasteiger partial charge in [-0.1, -0.05) is 12.8 Å². The van der Waals surface area contributed by atoms with E-state index < -0.39 is 17.8 Å². The summed E-state index contributed by atoms with van der Waals surface area (Å²) in [7, 11) is 1.33. The number of methoxy groups -OCH3 is 1. The summed E-state index contributed by atoms with van der Waals surface area (Å²) in [5, 5.41) is 9.49. The van der Waals surface area contributed by atoms with Gasteiger partial charge in [-0.05, 0) is 43.4 Å². The van der Waals surface area contributed by atoms with Crippen molar-refractivity contribution in [3.05, 3.63) is 29.6 Å². The van der Waals surface area contributed by atoms with Crippen LogP contribution in [-0.2, 0) is 4.79 Å². The van der Waals surface area contributed by atoms with E-state index in [-0.39, 0.29) is 29.2 Å². The lowest BCUT2D eigenvalue weighted by atomic mass is 9.84. The molecule has 5 nitrogen and oxygen atoms in total. The highest BCUT2D eigenvalue weighted by atomic mass is 19.1. The molecule has 0 radical (unpaired) electrons. The summed E-state index contributed by atoms with van der Waals surface area (Å²) in [6.07, 6.45) is 4.39. The number of halogens is 1. The van der Waals surface area contributed by atoms with Gasteiger partial charge >= 0.3 is 5.97 Å². The smallest absolute Gasteiger partial charge is 0.326 e. The summed E-state index contributed by atoms with van der Waals surface area (Å²) in [5.41, 5.74) is 0.265. The van der Waals surface area contributed by atoms with Crippen molar-refractivity contribution in [2.75, 3.05) is 7.11 Å². The van der Waals surface area contributed by atoms with Crippen LogP contribution in [0.2, 0.25) is 0 Å². The molecule has 124 valence electrons. The van der Waals surface area contributed by atoms with Crippen LogP contribution in [0, 0.1) is 11.7 Å². The molecule has 1 heterocycles. The molecule has 23 heavy (non-hydrogen) atoms. The van der Waals surface area contributed by atoms with Gasteiger partial charge in [-0.3, -0.25) is 4.79 Å². The molecule has 3 rings (SSSR count). The number of nitrogens with zero attached hydrogens (tertiary/aromatic N) is 1. The Morgan fingerprint density at radius 3 is 2.74 bits per heavy atom. The van der Waals surface area contributed by atoms with Crippen LogP contribution in [-0.4, -0.2) is 41.1 Å². The Bertz CT molecular complexity index is 633.